The van der Waals surface area contributed by atoms with Crippen molar-refractivity contribution in [2.75, 3.05) is 26.0 Å². The lowest BCUT2D eigenvalue weighted by molar-refractivity contribution is -0.384. The predicted molar refractivity (Wildman–Crippen MR) is 78.7 cm³/mol. The smallest absolute Gasteiger partial charge is 0.354 e. The van der Waals surface area contributed by atoms with E-state index in [-0.39, 0.29) is 29.2 Å². The van der Waals surface area contributed by atoms with Crippen molar-refractivity contribution in [2.45, 2.75) is 19.9 Å². The molecule has 1 aromatic heterocycles. The Bertz CT molecular complexity index is 531. The number of carbonyl (C=O) groups is 1. The lowest BCUT2D eigenvalue weighted by Crippen LogP contribution is -2.37. The fraction of sp³-hybridized carbons (Fsp3) is 0.538. The van der Waals surface area contributed by atoms with Crippen LogP contribution in [-0.2, 0) is 0 Å². The Kier molecular flexibility index (Phi) is 5.60. The third-order valence-electron chi connectivity index (χ3n) is 2.98. The fourth-order valence-corrected chi connectivity index (χ4v) is 1.82. The van der Waals surface area contributed by atoms with Gasteiger partial charge in [-0.05, 0) is 26.1 Å². The quantitative estimate of drug-likeness (QED) is 0.582. The number of carboxylic acid groups (broad SMARTS) is 1. The van der Waals surface area contributed by atoms with Crippen molar-refractivity contribution in [2.24, 2.45) is 5.92 Å². The Morgan fingerprint density at radius 1 is 1.48 bits per heavy atom. The molecule has 8 heteroatoms. The van der Waals surface area contributed by atoms with E-state index >= 15 is 0 Å². The summed E-state index contributed by atoms with van der Waals surface area (Å²) >= 11 is 0. The van der Waals surface area contributed by atoms with Crippen LogP contribution in [0, 0.1) is 16.0 Å². The summed E-state index contributed by atoms with van der Waals surface area (Å²) in [6.07, 6.45) is 0. The van der Waals surface area contributed by atoms with Crippen LogP contribution in [0.3, 0.4) is 0 Å². The average Bonchev–Trinajstić information content (AvgIpc) is 2.36. The summed E-state index contributed by atoms with van der Waals surface area (Å²) in [4.78, 5) is 27.2. The molecule has 1 rings (SSSR count). The lowest BCUT2D eigenvalue weighted by Gasteiger charge is -2.26. The third kappa shape index (κ3) is 4.67. The number of aromatic nitrogens is 1. The average molecular weight is 296 g/mol. The minimum absolute atomic E-state index is 0.0135. The second kappa shape index (κ2) is 6.98. The molecule has 0 saturated carbocycles. The molecule has 0 spiro atoms. The number of likely N-dealkylation sites (N-methyl/N-ethyl adjacent to an activating group) is 1. The summed E-state index contributed by atoms with van der Waals surface area (Å²) in [6.45, 7) is 4.61. The first-order valence-electron chi connectivity index (χ1n) is 6.52. The first-order valence-corrected chi connectivity index (χ1v) is 6.52. The molecule has 0 aliphatic heterocycles. The second-order valence-electron chi connectivity index (χ2n) is 5.38. The molecule has 0 radical (unpaired) electrons. The highest BCUT2D eigenvalue weighted by Crippen LogP contribution is 2.24. The summed E-state index contributed by atoms with van der Waals surface area (Å²) < 4.78 is 0. The maximum absolute atomic E-state index is 11.0. The van der Waals surface area contributed by atoms with Gasteiger partial charge in [0.1, 0.15) is 0 Å². The van der Waals surface area contributed by atoms with E-state index < -0.39 is 10.9 Å². The molecule has 1 heterocycles. The number of hydrogen-bond acceptors (Lipinski definition) is 6. The van der Waals surface area contributed by atoms with E-state index in [9.17, 15) is 14.9 Å². The van der Waals surface area contributed by atoms with Crippen LogP contribution in [0.4, 0.5) is 11.5 Å². The van der Waals surface area contributed by atoms with Crippen molar-refractivity contribution in [1.29, 1.82) is 0 Å². The molecule has 0 aliphatic carbocycles. The normalized spacial score (nSPS) is 12.5. The molecule has 0 aromatic carbocycles. The molecule has 1 aromatic rings. The van der Waals surface area contributed by atoms with Gasteiger partial charge in [0, 0.05) is 18.7 Å². The summed E-state index contributed by atoms with van der Waals surface area (Å²) in [7, 11) is 3.79. The SMILES string of the molecule is CC(C)C(CN(C)C)Nc1nc(C(=O)O)ccc1[N+](=O)[O-]. The van der Waals surface area contributed by atoms with E-state index in [0.717, 1.165) is 12.1 Å². The van der Waals surface area contributed by atoms with Crippen LogP contribution < -0.4 is 5.32 Å². The van der Waals surface area contributed by atoms with E-state index in [0.29, 0.717) is 6.54 Å². The van der Waals surface area contributed by atoms with Gasteiger partial charge in [-0.3, -0.25) is 10.1 Å². The van der Waals surface area contributed by atoms with E-state index in [1.807, 2.05) is 32.8 Å². The van der Waals surface area contributed by atoms with Gasteiger partial charge >= 0.3 is 11.7 Å². The molecule has 0 amide bonds. The van der Waals surface area contributed by atoms with Crippen LogP contribution in [0.25, 0.3) is 0 Å². The van der Waals surface area contributed by atoms with Gasteiger partial charge in [-0.2, -0.15) is 0 Å². The molecule has 0 saturated heterocycles. The van der Waals surface area contributed by atoms with Crippen molar-refractivity contribution in [1.82, 2.24) is 9.88 Å². The fourth-order valence-electron chi connectivity index (χ4n) is 1.82. The first kappa shape index (κ1) is 16.8. The number of nitro groups is 1. The maximum Gasteiger partial charge on any atom is 0.354 e. The number of pyridine rings is 1. The molecule has 1 atom stereocenters. The molecular weight excluding hydrogens is 276 g/mol. The molecule has 8 nitrogen and oxygen atoms in total. The number of anilines is 1. The molecule has 2 N–H and O–H groups in total. The highest BCUT2D eigenvalue weighted by Gasteiger charge is 2.23. The zero-order valence-electron chi connectivity index (χ0n) is 12.5. The minimum Gasteiger partial charge on any atom is -0.477 e. The Morgan fingerprint density at radius 2 is 2.10 bits per heavy atom. The zero-order chi connectivity index (χ0) is 16.2. The van der Waals surface area contributed by atoms with Crippen molar-refractivity contribution in [3.05, 3.63) is 27.9 Å². The van der Waals surface area contributed by atoms with Gasteiger partial charge in [0.2, 0.25) is 5.82 Å². The van der Waals surface area contributed by atoms with Crippen molar-refractivity contribution in [3.63, 3.8) is 0 Å². The molecular formula is C13H20N4O4. The largest absolute Gasteiger partial charge is 0.477 e. The number of nitrogens with one attached hydrogen (secondary N) is 1. The van der Waals surface area contributed by atoms with Crippen LogP contribution in [-0.4, -0.2) is 52.6 Å². The molecule has 1 unspecified atom stereocenters. The maximum atomic E-state index is 11.0. The highest BCUT2D eigenvalue weighted by atomic mass is 16.6. The van der Waals surface area contributed by atoms with Gasteiger partial charge < -0.3 is 15.3 Å². The zero-order valence-corrected chi connectivity index (χ0v) is 12.5. The lowest BCUT2D eigenvalue weighted by atomic mass is 10.0. The standard InChI is InChI=1S/C13H20N4O4/c1-8(2)10(7-16(3)4)15-12-11(17(20)21)6-5-9(14-12)13(18)19/h5-6,8,10H,7H2,1-4H3,(H,14,15)(H,18,19). The Hall–Kier alpha value is -2.22. The van der Waals surface area contributed by atoms with Gasteiger partial charge in [0.25, 0.3) is 0 Å². The summed E-state index contributed by atoms with van der Waals surface area (Å²) in [5.74, 6) is -1.04. The van der Waals surface area contributed by atoms with Crippen LogP contribution in [0.2, 0.25) is 0 Å². The summed E-state index contributed by atoms with van der Waals surface area (Å²) in [5.41, 5.74) is -0.458. The van der Waals surface area contributed by atoms with Crippen molar-refractivity contribution < 1.29 is 14.8 Å². The molecule has 21 heavy (non-hydrogen) atoms. The Balaban J connectivity index is 3.15. The number of carboxylic acids is 1. The monoisotopic (exact) mass is 296 g/mol. The minimum atomic E-state index is -1.22. The van der Waals surface area contributed by atoms with Crippen molar-refractivity contribution in [3.8, 4) is 0 Å². The number of nitrogens with zero attached hydrogens (tertiary/aromatic N) is 3. The molecule has 0 fully saturated rings. The van der Waals surface area contributed by atoms with E-state index in [4.69, 9.17) is 5.11 Å². The van der Waals surface area contributed by atoms with Gasteiger partial charge in [0.15, 0.2) is 5.69 Å². The van der Waals surface area contributed by atoms with Crippen LogP contribution in [0.15, 0.2) is 12.1 Å². The molecule has 116 valence electrons. The van der Waals surface area contributed by atoms with Gasteiger partial charge in [-0.1, -0.05) is 13.8 Å². The summed E-state index contributed by atoms with van der Waals surface area (Å²) in [5, 5.41) is 23.0. The number of aromatic carboxylic acids is 1. The predicted octanol–water partition coefficient (Wildman–Crippen LogP) is 1.69. The number of hydrogen-bond donors (Lipinski definition) is 2. The Morgan fingerprint density at radius 3 is 2.52 bits per heavy atom. The van der Waals surface area contributed by atoms with Crippen LogP contribution >= 0.6 is 0 Å². The molecule has 0 bridgehead atoms. The van der Waals surface area contributed by atoms with Crippen LogP contribution in [0.1, 0.15) is 24.3 Å². The Labute approximate surface area is 122 Å². The molecule has 0 aliphatic rings. The van der Waals surface area contributed by atoms with E-state index in [2.05, 4.69) is 10.3 Å². The third-order valence-corrected chi connectivity index (χ3v) is 2.98. The first-order chi connectivity index (χ1) is 9.72. The number of rotatable bonds is 7. The topological polar surface area (TPSA) is 109 Å². The summed E-state index contributed by atoms with van der Waals surface area (Å²) in [6, 6.07) is 2.20. The van der Waals surface area contributed by atoms with E-state index in [1.165, 1.54) is 0 Å². The van der Waals surface area contributed by atoms with Gasteiger partial charge in [0.05, 0.1) is 4.92 Å². The second-order valence-corrected chi connectivity index (χ2v) is 5.38. The van der Waals surface area contributed by atoms with Crippen LogP contribution in [0.5, 0.6) is 0 Å². The van der Waals surface area contributed by atoms with Gasteiger partial charge in [-0.15, -0.1) is 0 Å². The van der Waals surface area contributed by atoms with E-state index in [1.54, 1.807) is 0 Å². The highest BCUT2D eigenvalue weighted by molar-refractivity contribution is 5.86. The van der Waals surface area contributed by atoms with Gasteiger partial charge in [-0.25, -0.2) is 9.78 Å². The van der Waals surface area contributed by atoms with Crippen molar-refractivity contribution >= 4 is 17.5 Å².